The zero-order valence-corrected chi connectivity index (χ0v) is 25.5. The molecule has 2 aliphatic heterocycles. The summed E-state index contributed by atoms with van der Waals surface area (Å²) < 4.78 is 51.5. The molecule has 2 fully saturated rings. The molecule has 17 nitrogen and oxygen atoms in total. The molecule has 2 aliphatic rings. The summed E-state index contributed by atoms with van der Waals surface area (Å²) in [7, 11) is -4.24. The van der Waals surface area contributed by atoms with Crippen molar-refractivity contribution < 1.29 is 36.4 Å². The van der Waals surface area contributed by atoms with Gasteiger partial charge in [0.05, 0.1) is 21.2 Å². The maximum atomic E-state index is 13.3. The Bertz CT molecular complexity index is 1760. The summed E-state index contributed by atoms with van der Waals surface area (Å²) in [6.07, 6.45) is 0.455. The number of hydrogen-bond donors (Lipinski definition) is 6. The molecule has 0 saturated carbocycles. The van der Waals surface area contributed by atoms with Crippen molar-refractivity contribution in [3.63, 3.8) is 0 Å². The zero-order valence-electron chi connectivity index (χ0n) is 22.3. The largest absolute Gasteiger partial charge is 0.302 e. The van der Waals surface area contributed by atoms with Crippen molar-refractivity contribution >= 4 is 90.8 Å². The number of amides is 4. The molecule has 2 aromatic rings. The number of carbonyl (C=O) groups is 4. The van der Waals surface area contributed by atoms with E-state index in [-0.39, 0.29) is 49.1 Å². The van der Waals surface area contributed by atoms with E-state index in [1.807, 2.05) is 0 Å². The van der Waals surface area contributed by atoms with Crippen LogP contribution in [0.25, 0.3) is 11.1 Å². The second kappa shape index (κ2) is 13.6. The first-order valence-corrected chi connectivity index (χ1v) is 15.7. The average Bonchev–Trinajstić information content (AvgIpc) is 2.95. The first-order chi connectivity index (χ1) is 20.8. The van der Waals surface area contributed by atoms with Crippen LogP contribution in [0, 0.1) is 0 Å². The molecule has 0 aliphatic carbocycles. The van der Waals surface area contributed by atoms with E-state index in [4.69, 9.17) is 24.4 Å². The summed E-state index contributed by atoms with van der Waals surface area (Å²) in [4.78, 5) is 47.7. The number of sulfonamides is 1. The van der Waals surface area contributed by atoms with Crippen LogP contribution in [0.15, 0.2) is 66.6 Å². The van der Waals surface area contributed by atoms with Crippen LogP contribution in [-0.2, 0) is 40.3 Å². The van der Waals surface area contributed by atoms with Gasteiger partial charge in [-0.15, -0.1) is 0 Å². The third-order valence-corrected chi connectivity index (χ3v) is 8.38. The Labute approximate surface area is 262 Å². The summed E-state index contributed by atoms with van der Waals surface area (Å²) in [6.45, 7) is 1.82. The Hall–Kier alpha value is -4.28. The van der Waals surface area contributed by atoms with E-state index < -0.39 is 56.8 Å². The van der Waals surface area contributed by atoms with E-state index in [2.05, 4.69) is 46.4 Å². The predicted molar refractivity (Wildman–Crippen MR) is 161 cm³/mol. The van der Waals surface area contributed by atoms with Gasteiger partial charge in [-0.2, -0.15) is 20.5 Å². The van der Waals surface area contributed by atoms with Gasteiger partial charge in [-0.25, -0.2) is 17.3 Å². The van der Waals surface area contributed by atoms with Gasteiger partial charge in [0.15, 0.2) is 21.3 Å². The third-order valence-electron chi connectivity index (χ3n) is 5.76. The van der Waals surface area contributed by atoms with Gasteiger partial charge in [0.2, 0.25) is 22.1 Å². The minimum absolute atomic E-state index is 0.00788. The number of hydrogen-bond acceptors (Lipinski definition) is 13. The van der Waals surface area contributed by atoms with Crippen LogP contribution in [0.5, 0.6) is 0 Å². The van der Waals surface area contributed by atoms with Gasteiger partial charge >= 0.3 is 0 Å². The Morgan fingerprint density at radius 2 is 1.27 bits per heavy atom. The topological polar surface area (TPSA) is 249 Å². The van der Waals surface area contributed by atoms with E-state index in [1.165, 1.54) is 24.3 Å². The molecule has 1 atom stereocenters. The summed E-state index contributed by atoms with van der Waals surface area (Å²) in [6, 6.07) is 4.37. The molecule has 230 valence electrons. The minimum atomic E-state index is -4.24. The van der Waals surface area contributed by atoms with Gasteiger partial charge in [-0.05, 0) is 55.1 Å². The highest BCUT2D eigenvalue weighted by molar-refractivity contribution is 7.89. The lowest BCUT2D eigenvalue weighted by atomic mass is 10.0. The number of nitrogens with zero attached hydrogens (tertiary/aromatic N) is 4. The summed E-state index contributed by atoms with van der Waals surface area (Å²) >= 11 is 6.80. The second-order valence-corrected chi connectivity index (χ2v) is 12.3. The zero-order chi connectivity index (χ0) is 32.2. The fraction of sp³-hybridized carbons (Fsp3) is 0.217. The van der Waals surface area contributed by atoms with Crippen LogP contribution < -0.4 is 26.0 Å². The first-order valence-electron chi connectivity index (χ1n) is 12.3. The van der Waals surface area contributed by atoms with E-state index in [1.54, 1.807) is 6.92 Å². The summed E-state index contributed by atoms with van der Waals surface area (Å²) in [5, 5.41) is 23.6. The van der Waals surface area contributed by atoms with Crippen molar-refractivity contribution in [2.24, 2.45) is 20.5 Å². The molecule has 0 bridgehead atoms. The average molecular weight is 680 g/mol. The fourth-order valence-electron chi connectivity index (χ4n) is 3.75. The molecule has 21 heteroatoms. The lowest BCUT2D eigenvalue weighted by Gasteiger charge is -2.18. The molecule has 0 spiro atoms. The number of nitrogens with one attached hydrogen (secondary N) is 5. The quantitative estimate of drug-likeness (QED) is 0.0882. The Balaban J connectivity index is 1.74. The fourth-order valence-corrected chi connectivity index (χ4v) is 6.11. The maximum absolute atomic E-state index is 13.3. The van der Waals surface area contributed by atoms with Gasteiger partial charge in [0.25, 0.3) is 23.6 Å². The van der Waals surface area contributed by atoms with Crippen molar-refractivity contribution in [2.75, 3.05) is 6.54 Å². The number of carbonyl (C=O) groups excluding carboxylic acids is 4. The smallest absolute Gasteiger partial charge is 0.262 e. The predicted octanol–water partition coefficient (Wildman–Crippen LogP) is 0.589. The minimum Gasteiger partial charge on any atom is -0.302 e. The highest BCUT2D eigenvalue weighted by atomic mass is 32.2. The lowest BCUT2D eigenvalue weighted by molar-refractivity contribution is -0.132. The van der Waals surface area contributed by atoms with E-state index in [9.17, 15) is 36.4 Å². The summed E-state index contributed by atoms with van der Waals surface area (Å²) in [5.41, 5.74) is -0.0722. The Morgan fingerprint density at radius 1 is 0.818 bits per heavy atom. The van der Waals surface area contributed by atoms with Gasteiger partial charge in [0.1, 0.15) is 0 Å². The van der Waals surface area contributed by atoms with Gasteiger partial charge in [-0.3, -0.25) is 19.2 Å². The normalized spacial score (nSPS) is 17.5. The standard InChI is InChI=1S/C23H21N9O8S4/c1-2-7-24-44(39,40)15-9-11(30-32-17-20(35)27-23(42)28-21(17)36)4-6-13(15)12-5-3-10(8-14(12)43(37)38)29-31-16-18(33)25-22(41)26-19(16)34/h3-6,8-9,16-17,24H,2,7H2,1H3,(H,37,38)(H2,25,26,33,34,41)(H2,27,28,35,36,42). The van der Waals surface area contributed by atoms with Crippen LogP contribution in [0.3, 0.4) is 0 Å². The van der Waals surface area contributed by atoms with Gasteiger partial charge in [0, 0.05) is 17.7 Å². The Kier molecular flexibility index (Phi) is 10.1. The SMILES string of the molecule is CCCNS(=O)(=O)c1cc(N=NC2C(=O)NC(=S)NC2=O)ccc1-c1ccc(N=NC2C(=O)NC(=S)NC2=O)cc1S(=O)O. The molecule has 2 aromatic carbocycles. The molecule has 0 aromatic heterocycles. The molecule has 2 heterocycles. The van der Waals surface area contributed by atoms with Crippen LogP contribution in [0.1, 0.15) is 13.3 Å². The van der Waals surface area contributed by atoms with Crippen LogP contribution >= 0.6 is 24.4 Å². The molecule has 0 radical (unpaired) electrons. The molecular formula is C23H21N9O8S4. The van der Waals surface area contributed by atoms with Crippen LogP contribution in [0.4, 0.5) is 11.4 Å². The van der Waals surface area contributed by atoms with E-state index >= 15 is 0 Å². The lowest BCUT2D eigenvalue weighted by Crippen LogP contribution is -2.57. The monoisotopic (exact) mass is 679 g/mol. The molecule has 6 N–H and O–H groups in total. The Morgan fingerprint density at radius 3 is 1.73 bits per heavy atom. The molecule has 4 amide bonds. The van der Waals surface area contributed by atoms with Crippen molar-refractivity contribution in [1.82, 2.24) is 26.0 Å². The van der Waals surface area contributed by atoms with Gasteiger partial charge in [-0.1, -0.05) is 19.1 Å². The van der Waals surface area contributed by atoms with E-state index in [0.29, 0.717) is 6.42 Å². The van der Waals surface area contributed by atoms with Crippen LogP contribution in [-0.4, -0.2) is 69.7 Å². The number of thiocarbonyl (C=S) groups is 2. The maximum Gasteiger partial charge on any atom is 0.262 e. The molecule has 1 unspecified atom stereocenters. The molecular weight excluding hydrogens is 659 g/mol. The van der Waals surface area contributed by atoms with Crippen LogP contribution in [0.2, 0.25) is 0 Å². The number of benzene rings is 2. The highest BCUT2D eigenvalue weighted by Crippen LogP contribution is 2.36. The summed E-state index contributed by atoms with van der Waals surface area (Å²) in [5.74, 6) is -3.27. The first kappa shape index (κ1) is 32.6. The van der Waals surface area contributed by atoms with Crippen molar-refractivity contribution in [3.05, 3.63) is 36.4 Å². The highest BCUT2D eigenvalue weighted by Gasteiger charge is 2.34. The van der Waals surface area contributed by atoms with Crippen molar-refractivity contribution in [3.8, 4) is 11.1 Å². The second-order valence-electron chi connectivity index (χ2n) is 8.86. The molecule has 4 rings (SSSR count). The van der Waals surface area contributed by atoms with Crippen molar-refractivity contribution in [2.45, 2.75) is 35.2 Å². The van der Waals surface area contributed by atoms with E-state index in [0.717, 1.165) is 12.1 Å². The van der Waals surface area contributed by atoms with Crippen molar-refractivity contribution in [1.29, 1.82) is 0 Å². The third kappa shape index (κ3) is 7.43. The number of azo groups is 2. The number of rotatable bonds is 10. The molecule has 2 saturated heterocycles. The molecule has 44 heavy (non-hydrogen) atoms. The van der Waals surface area contributed by atoms with Gasteiger partial charge < -0.3 is 25.8 Å².